The van der Waals surface area contributed by atoms with E-state index < -0.39 is 5.97 Å². The molecule has 1 aromatic carbocycles. The molecule has 0 aliphatic carbocycles. The lowest BCUT2D eigenvalue weighted by atomic mass is 10.1. The summed E-state index contributed by atoms with van der Waals surface area (Å²) in [5.41, 5.74) is 0.982. The first-order valence-corrected chi connectivity index (χ1v) is 8.39. The van der Waals surface area contributed by atoms with Crippen LogP contribution < -0.4 is 0 Å². The minimum absolute atomic E-state index is 0.151. The maximum absolute atomic E-state index is 12.3. The third-order valence-corrected chi connectivity index (χ3v) is 4.36. The van der Waals surface area contributed by atoms with Crippen LogP contribution in [-0.4, -0.2) is 59.5 Å². The molecule has 0 atom stereocenters. The molecule has 1 amide bonds. The van der Waals surface area contributed by atoms with E-state index in [9.17, 15) is 9.59 Å². The molecule has 23 heavy (non-hydrogen) atoms. The van der Waals surface area contributed by atoms with Crippen molar-refractivity contribution in [2.75, 3.05) is 32.7 Å². The number of halogens is 1. The van der Waals surface area contributed by atoms with Crippen LogP contribution in [-0.2, 0) is 16.0 Å². The number of aliphatic carboxylic acids is 1. The van der Waals surface area contributed by atoms with Crippen molar-refractivity contribution in [2.24, 2.45) is 0 Å². The fraction of sp³-hybridized carbons (Fsp3) is 0.529. The van der Waals surface area contributed by atoms with Crippen LogP contribution in [0.3, 0.4) is 0 Å². The van der Waals surface area contributed by atoms with Gasteiger partial charge < -0.3 is 10.0 Å². The highest BCUT2D eigenvalue weighted by molar-refractivity contribution is 6.30. The van der Waals surface area contributed by atoms with E-state index in [1.54, 1.807) is 12.1 Å². The van der Waals surface area contributed by atoms with E-state index in [-0.39, 0.29) is 12.3 Å². The van der Waals surface area contributed by atoms with E-state index in [1.165, 1.54) is 0 Å². The third-order valence-electron chi connectivity index (χ3n) is 4.11. The minimum atomic E-state index is -0.734. The SMILES string of the molecule is O=C(O)CCCCN1CCN(C(=O)Cc2ccc(Cl)cc2)CC1. The summed E-state index contributed by atoms with van der Waals surface area (Å²) >= 11 is 5.85. The number of piperazine rings is 1. The van der Waals surface area contributed by atoms with Crippen molar-refractivity contribution in [2.45, 2.75) is 25.7 Å². The zero-order valence-corrected chi connectivity index (χ0v) is 14.0. The lowest BCUT2D eigenvalue weighted by Gasteiger charge is -2.34. The Kier molecular flexibility index (Phi) is 6.86. The molecule has 1 aliphatic heterocycles. The highest BCUT2D eigenvalue weighted by atomic mass is 35.5. The summed E-state index contributed by atoms with van der Waals surface area (Å²) in [4.78, 5) is 27.0. The van der Waals surface area contributed by atoms with Gasteiger partial charge in [0.15, 0.2) is 0 Å². The van der Waals surface area contributed by atoms with Gasteiger partial charge >= 0.3 is 5.97 Å². The Bertz CT molecular complexity index is 525. The second-order valence-corrected chi connectivity index (χ2v) is 6.31. The molecule has 0 bridgehead atoms. The number of carbonyl (C=O) groups is 2. The van der Waals surface area contributed by atoms with Crippen LogP contribution in [0.2, 0.25) is 5.02 Å². The van der Waals surface area contributed by atoms with Crippen molar-refractivity contribution in [3.63, 3.8) is 0 Å². The van der Waals surface area contributed by atoms with Crippen LogP contribution in [0.25, 0.3) is 0 Å². The normalized spacial score (nSPS) is 15.6. The first-order valence-electron chi connectivity index (χ1n) is 8.01. The summed E-state index contributed by atoms with van der Waals surface area (Å²) in [7, 11) is 0. The fourth-order valence-corrected chi connectivity index (χ4v) is 2.85. The maximum atomic E-state index is 12.3. The van der Waals surface area contributed by atoms with Crippen LogP contribution in [0.15, 0.2) is 24.3 Å². The molecule has 1 aromatic rings. The van der Waals surface area contributed by atoms with E-state index in [0.717, 1.165) is 44.7 Å². The number of rotatable bonds is 7. The van der Waals surface area contributed by atoms with Gasteiger partial charge in [0.1, 0.15) is 0 Å². The van der Waals surface area contributed by atoms with Gasteiger partial charge in [-0.2, -0.15) is 0 Å². The zero-order chi connectivity index (χ0) is 16.7. The number of amides is 1. The molecule has 0 saturated carbocycles. The van der Waals surface area contributed by atoms with Gasteiger partial charge in [-0.25, -0.2) is 0 Å². The number of hydrogen-bond donors (Lipinski definition) is 1. The van der Waals surface area contributed by atoms with Gasteiger partial charge in [-0.1, -0.05) is 23.7 Å². The molecule has 126 valence electrons. The molecule has 1 N–H and O–H groups in total. The summed E-state index contributed by atoms with van der Waals surface area (Å²) in [5.74, 6) is -0.583. The van der Waals surface area contributed by atoms with Crippen molar-refractivity contribution in [1.29, 1.82) is 0 Å². The van der Waals surface area contributed by atoms with Crippen molar-refractivity contribution in [3.8, 4) is 0 Å². The molecule has 5 nitrogen and oxygen atoms in total. The molecule has 1 heterocycles. The Balaban J connectivity index is 1.68. The van der Waals surface area contributed by atoms with E-state index >= 15 is 0 Å². The van der Waals surface area contributed by atoms with Gasteiger partial charge in [0.05, 0.1) is 6.42 Å². The van der Waals surface area contributed by atoms with E-state index in [0.29, 0.717) is 17.9 Å². The molecule has 1 aliphatic rings. The molecule has 6 heteroatoms. The summed E-state index contributed by atoms with van der Waals surface area (Å²) in [6.07, 6.45) is 2.26. The quantitative estimate of drug-likeness (QED) is 0.775. The molecule has 0 radical (unpaired) electrons. The predicted molar refractivity (Wildman–Crippen MR) is 89.7 cm³/mol. The lowest BCUT2D eigenvalue weighted by molar-refractivity contribution is -0.137. The number of carboxylic acids is 1. The average Bonchev–Trinajstić information content (AvgIpc) is 2.54. The second kappa shape index (κ2) is 8.89. The van der Waals surface area contributed by atoms with Crippen LogP contribution in [0.1, 0.15) is 24.8 Å². The molecule has 0 spiro atoms. The summed E-state index contributed by atoms with van der Waals surface area (Å²) in [6, 6.07) is 7.39. The third kappa shape index (κ3) is 6.20. The van der Waals surface area contributed by atoms with Gasteiger partial charge in [-0.05, 0) is 37.1 Å². The second-order valence-electron chi connectivity index (χ2n) is 5.88. The lowest BCUT2D eigenvalue weighted by Crippen LogP contribution is -2.49. The van der Waals surface area contributed by atoms with Crippen molar-refractivity contribution in [3.05, 3.63) is 34.9 Å². The Morgan fingerprint density at radius 2 is 1.70 bits per heavy atom. The number of benzene rings is 1. The highest BCUT2D eigenvalue weighted by Crippen LogP contribution is 2.12. The summed E-state index contributed by atoms with van der Waals surface area (Å²) in [6.45, 7) is 4.11. The molecular weight excluding hydrogens is 316 g/mol. The topological polar surface area (TPSA) is 60.9 Å². The number of carbonyl (C=O) groups excluding carboxylic acids is 1. The molecule has 1 saturated heterocycles. The summed E-state index contributed by atoms with van der Waals surface area (Å²) in [5, 5.41) is 9.30. The molecule has 0 aromatic heterocycles. The van der Waals surface area contributed by atoms with Crippen molar-refractivity contribution in [1.82, 2.24) is 9.80 Å². The van der Waals surface area contributed by atoms with Gasteiger partial charge in [0.2, 0.25) is 5.91 Å². The number of unbranched alkanes of at least 4 members (excludes halogenated alkanes) is 1. The molecule has 1 fully saturated rings. The van der Waals surface area contributed by atoms with Crippen molar-refractivity contribution < 1.29 is 14.7 Å². The summed E-state index contributed by atoms with van der Waals surface area (Å²) < 4.78 is 0. The van der Waals surface area contributed by atoms with Gasteiger partial charge in [0, 0.05) is 37.6 Å². The highest BCUT2D eigenvalue weighted by Gasteiger charge is 2.20. The van der Waals surface area contributed by atoms with Crippen LogP contribution >= 0.6 is 11.6 Å². The zero-order valence-electron chi connectivity index (χ0n) is 13.2. The molecular formula is C17H23ClN2O3. The Labute approximate surface area is 141 Å². The Hall–Kier alpha value is -1.59. The number of carboxylic acid groups (broad SMARTS) is 1. The van der Waals surface area contributed by atoms with Crippen LogP contribution in [0.4, 0.5) is 0 Å². The molecule has 0 unspecified atom stereocenters. The monoisotopic (exact) mass is 338 g/mol. The van der Waals surface area contributed by atoms with Crippen LogP contribution in [0, 0.1) is 0 Å². The Morgan fingerprint density at radius 3 is 2.30 bits per heavy atom. The maximum Gasteiger partial charge on any atom is 0.303 e. The van der Waals surface area contributed by atoms with E-state index in [2.05, 4.69) is 4.90 Å². The van der Waals surface area contributed by atoms with Gasteiger partial charge in [-0.3, -0.25) is 14.5 Å². The van der Waals surface area contributed by atoms with E-state index in [4.69, 9.17) is 16.7 Å². The predicted octanol–water partition coefficient (Wildman–Crippen LogP) is 2.28. The van der Waals surface area contributed by atoms with Gasteiger partial charge in [-0.15, -0.1) is 0 Å². The largest absolute Gasteiger partial charge is 0.481 e. The van der Waals surface area contributed by atoms with Gasteiger partial charge in [0.25, 0.3) is 0 Å². The Morgan fingerprint density at radius 1 is 1.04 bits per heavy atom. The van der Waals surface area contributed by atoms with Crippen molar-refractivity contribution >= 4 is 23.5 Å². The smallest absolute Gasteiger partial charge is 0.303 e. The average molecular weight is 339 g/mol. The molecule has 2 rings (SSSR count). The van der Waals surface area contributed by atoms with E-state index in [1.807, 2.05) is 17.0 Å². The number of nitrogens with zero attached hydrogens (tertiary/aromatic N) is 2. The van der Waals surface area contributed by atoms with Crippen LogP contribution in [0.5, 0.6) is 0 Å². The standard InChI is InChI=1S/C17H23ClN2O3/c18-15-6-4-14(5-7-15)13-16(21)20-11-9-19(10-12-20)8-2-1-3-17(22)23/h4-7H,1-3,8-13H2,(H,22,23). The first-order chi connectivity index (χ1) is 11.0. The fourth-order valence-electron chi connectivity index (χ4n) is 2.72. The number of hydrogen-bond acceptors (Lipinski definition) is 3. The first kappa shape index (κ1) is 17.8. The minimum Gasteiger partial charge on any atom is -0.481 e.